The molecule has 0 N–H and O–H groups in total. The van der Waals surface area contributed by atoms with E-state index >= 15 is 0 Å². The standard InChI is InChI=1S/C63H41N5/c1-5-18-42(19-6-1)49-36-50(43-20-7-2-8-21-43)39-52(38-49)68-58-31-16-14-29-54(58)56-35-33-47(41-60(56)68)46-32-34-55-53-28-13-15-30-57(53)67(59(55)40-46)51-27-17-26-48(37-51)63-65-61(44-22-9-3-10-23-44)64-62(66-63)45-24-11-4-12-25-45/h1-41H. The predicted octanol–water partition coefficient (Wildman–Crippen LogP) is 16.1. The fraction of sp³-hybridized carbons (Fsp3) is 0. The second-order valence-corrected chi connectivity index (χ2v) is 17.3. The number of para-hydroxylation sites is 2. The summed E-state index contributed by atoms with van der Waals surface area (Å²) in [6.45, 7) is 0. The molecule has 0 saturated carbocycles. The van der Waals surface area contributed by atoms with Crippen LogP contribution in [0.5, 0.6) is 0 Å². The van der Waals surface area contributed by atoms with Crippen molar-refractivity contribution in [2.45, 2.75) is 0 Å². The molecule has 5 heteroatoms. The van der Waals surface area contributed by atoms with Crippen molar-refractivity contribution in [1.82, 2.24) is 24.1 Å². The van der Waals surface area contributed by atoms with Gasteiger partial charge >= 0.3 is 0 Å². The van der Waals surface area contributed by atoms with Gasteiger partial charge in [-0.15, -0.1) is 0 Å². The second-order valence-electron chi connectivity index (χ2n) is 17.3. The van der Waals surface area contributed by atoms with E-state index in [1.165, 1.54) is 49.3 Å². The zero-order valence-corrected chi connectivity index (χ0v) is 36.9. The lowest BCUT2D eigenvalue weighted by molar-refractivity contribution is 1.07. The topological polar surface area (TPSA) is 48.5 Å². The molecule has 13 aromatic rings. The maximum Gasteiger partial charge on any atom is 0.164 e. The van der Waals surface area contributed by atoms with Gasteiger partial charge in [-0.25, -0.2) is 15.0 Å². The molecular formula is C63H41N5. The van der Waals surface area contributed by atoms with Gasteiger partial charge in [0.2, 0.25) is 0 Å². The number of fused-ring (bicyclic) bond motifs is 6. The van der Waals surface area contributed by atoms with Gasteiger partial charge in [-0.05, 0) is 88.0 Å². The average molecular weight is 868 g/mol. The Morgan fingerprint density at radius 2 is 0.574 bits per heavy atom. The maximum atomic E-state index is 5.08. The van der Waals surface area contributed by atoms with Crippen LogP contribution in [0.1, 0.15) is 0 Å². The van der Waals surface area contributed by atoms with Crippen LogP contribution in [0.2, 0.25) is 0 Å². The molecule has 0 aliphatic rings. The number of rotatable bonds is 8. The van der Waals surface area contributed by atoms with E-state index in [9.17, 15) is 0 Å². The molecule has 0 saturated heterocycles. The number of aromatic nitrogens is 5. The molecule has 0 fully saturated rings. The summed E-state index contributed by atoms with van der Waals surface area (Å²) in [7, 11) is 0. The molecule has 68 heavy (non-hydrogen) atoms. The van der Waals surface area contributed by atoms with Gasteiger partial charge in [-0.1, -0.05) is 194 Å². The third-order valence-electron chi connectivity index (χ3n) is 13.1. The lowest BCUT2D eigenvalue weighted by atomic mass is 9.98. The van der Waals surface area contributed by atoms with E-state index in [0.29, 0.717) is 17.5 Å². The third kappa shape index (κ3) is 6.84. The highest BCUT2D eigenvalue weighted by Gasteiger charge is 2.19. The van der Waals surface area contributed by atoms with Crippen molar-refractivity contribution in [3.63, 3.8) is 0 Å². The molecule has 0 spiro atoms. The maximum absolute atomic E-state index is 5.08. The first-order valence-corrected chi connectivity index (χ1v) is 23.0. The molecule has 0 bridgehead atoms. The van der Waals surface area contributed by atoms with Crippen molar-refractivity contribution in [3.8, 4) is 78.9 Å². The van der Waals surface area contributed by atoms with Crippen LogP contribution in [0.4, 0.5) is 0 Å². The average Bonchev–Trinajstić information content (AvgIpc) is 3.94. The zero-order chi connectivity index (χ0) is 45.0. The van der Waals surface area contributed by atoms with Crippen molar-refractivity contribution < 1.29 is 0 Å². The molecule has 3 heterocycles. The van der Waals surface area contributed by atoms with E-state index in [4.69, 9.17) is 15.0 Å². The SMILES string of the molecule is c1ccc(-c2cc(-c3ccccc3)cc(-n3c4ccccc4c4ccc(-c5ccc6c7ccccc7n(-c7cccc(-c8nc(-c9ccccc9)nc(-c9ccccc9)n8)c7)c6c5)cc43)c2)cc1. The number of hydrogen-bond donors (Lipinski definition) is 0. The fourth-order valence-corrected chi connectivity index (χ4v) is 9.91. The van der Waals surface area contributed by atoms with Crippen LogP contribution in [-0.2, 0) is 0 Å². The summed E-state index contributed by atoms with van der Waals surface area (Å²) in [5, 5.41) is 4.82. The first-order valence-electron chi connectivity index (χ1n) is 23.0. The quantitative estimate of drug-likeness (QED) is 0.153. The third-order valence-corrected chi connectivity index (χ3v) is 13.1. The summed E-state index contributed by atoms with van der Waals surface area (Å²) in [5.74, 6) is 1.89. The van der Waals surface area contributed by atoms with Crippen molar-refractivity contribution in [2.24, 2.45) is 0 Å². The monoisotopic (exact) mass is 867 g/mol. The molecule has 0 aliphatic carbocycles. The summed E-state index contributed by atoms with van der Waals surface area (Å²) >= 11 is 0. The molecule has 0 unspecified atom stereocenters. The molecular weight excluding hydrogens is 827 g/mol. The van der Waals surface area contributed by atoms with Crippen molar-refractivity contribution in [2.75, 3.05) is 0 Å². The van der Waals surface area contributed by atoms with E-state index in [-0.39, 0.29) is 0 Å². The lowest BCUT2D eigenvalue weighted by Gasteiger charge is -2.14. The highest BCUT2D eigenvalue weighted by Crippen LogP contribution is 2.40. The minimum Gasteiger partial charge on any atom is -0.309 e. The van der Waals surface area contributed by atoms with Gasteiger partial charge in [-0.2, -0.15) is 0 Å². The Balaban J connectivity index is 0.976. The van der Waals surface area contributed by atoms with Crippen LogP contribution in [0, 0.1) is 0 Å². The van der Waals surface area contributed by atoms with Crippen molar-refractivity contribution in [3.05, 3.63) is 249 Å². The largest absolute Gasteiger partial charge is 0.309 e. The smallest absolute Gasteiger partial charge is 0.164 e. The lowest BCUT2D eigenvalue weighted by Crippen LogP contribution is -2.01. The Morgan fingerprint density at radius 1 is 0.206 bits per heavy atom. The molecule has 0 atom stereocenters. The number of benzene rings is 10. The van der Waals surface area contributed by atoms with E-state index in [1.54, 1.807) is 0 Å². The minimum absolute atomic E-state index is 0.620. The van der Waals surface area contributed by atoms with E-state index in [0.717, 1.165) is 55.7 Å². The summed E-state index contributed by atoms with van der Waals surface area (Å²) < 4.78 is 4.83. The zero-order valence-electron chi connectivity index (χ0n) is 36.9. The highest BCUT2D eigenvalue weighted by atomic mass is 15.0. The van der Waals surface area contributed by atoms with Gasteiger partial charge < -0.3 is 9.13 Å². The van der Waals surface area contributed by atoms with Crippen LogP contribution >= 0.6 is 0 Å². The number of nitrogens with zero attached hydrogens (tertiary/aromatic N) is 5. The van der Waals surface area contributed by atoms with Gasteiger partial charge in [0.05, 0.1) is 22.1 Å². The summed E-state index contributed by atoms with van der Waals surface area (Å²) in [5.41, 5.74) is 16.5. The molecule has 0 amide bonds. The second kappa shape index (κ2) is 16.4. The molecule has 13 rings (SSSR count). The van der Waals surface area contributed by atoms with E-state index < -0.39 is 0 Å². The van der Waals surface area contributed by atoms with Gasteiger partial charge in [-0.3, -0.25) is 0 Å². The number of hydrogen-bond acceptors (Lipinski definition) is 3. The Bertz CT molecular complexity index is 3890. The van der Waals surface area contributed by atoms with Crippen molar-refractivity contribution in [1.29, 1.82) is 0 Å². The molecule has 318 valence electrons. The van der Waals surface area contributed by atoms with E-state index in [1.807, 2.05) is 60.7 Å². The molecule has 5 nitrogen and oxygen atoms in total. The minimum atomic E-state index is 0.620. The summed E-state index contributed by atoms with van der Waals surface area (Å²) in [6, 6.07) is 88.5. The van der Waals surface area contributed by atoms with Gasteiger partial charge in [0.25, 0.3) is 0 Å². The molecule has 3 aromatic heterocycles. The van der Waals surface area contributed by atoms with Crippen LogP contribution in [0.15, 0.2) is 249 Å². The van der Waals surface area contributed by atoms with Crippen LogP contribution in [0.25, 0.3) is 123 Å². The van der Waals surface area contributed by atoms with Gasteiger partial charge in [0.15, 0.2) is 17.5 Å². The molecule has 10 aromatic carbocycles. The first kappa shape index (κ1) is 39.2. The van der Waals surface area contributed by atoms with Crippen LogP contribution < -0.4 is 0 Å². The highest BCUT2D eigenvalue weighted by molar-refractivity contribution is 6.12. The predicted molar refractivity (Wildman–Crippen MR) is 281 cm³/mol. The van der Waals surface area contributed by atoms with Gasteiger partial charge in [0.1, 0.15) is 0 Å². The van der Waals surface area contributed by atoms with E-state index in [2.05, 4.69) is 197 Å². The van der Waals surface area contributed by atoms with Crippen molar-refractivity contribution >= 4 is 43.6 Å². The summed E-state index contributed by atoms with van der Waals surface area (Å²) in [6.07, 6.45) is 0. The Kier molecular flexibility index (Phi) is 9.43. The van der Waals surface area contributed by atoms with Crippen LogP contribution in [0.3, 0.4) is 0 Å². The Labute approximate surface area is 393 Å². The Morgan fingerprint density at radius 3 is 1.06 bits per heavy atom. The molecule has 0 radical (unpaired) electrons. The first-order chi connectivity index (χ1) is 33.7. The fourth-order valence-electron chi connectivity index (χ4n) is 9.91. The Hall–Kier alpha value is -9.19. The molecule has 0 aliphatic heterocycles. The normalized spacial score (nSPS) is 11.5. The van der Waals surface area contributed by atoms with Crippen LogP contribution in [-0.4, -0.2) is 24.1 Å². The summed E-state index contributed by atoms with van der Waals surface area (Å²) in [4.78, 5) is 15.1. The van der Waals surface area contributed by atoms with Gasteiger partial charge in [0, 0.05) is 49.6 Å².